The number of non-ortho nitro benzene ring substituents is 2. The van der Waals surface area contributed by atoms with E-state index in [0.29, 0.717) is 0 Å². The van der Waals surface area contributed by atoms with Crippen molar-refractivity contribution < 1.29 is 46.1 Å². The number of carboxylic acids is 2. The van der Waals surface area contributed by atoms with Crippen LogP contribution in [0, 0.1) is 20.2 Å². The quantitative estimate of drug-likeness (QED) is 0.240. The van der Waals surface area contributed by atoms with Gasteiger partial charge in [0, 0.05) is 41.0 Å². The molecule has 33 heavy (non-hydrogen) atoms. The summed E-state index contributed by atoms with van der Waals surface area (Å²) in [6, 6.07) is 10.7. The largest absolute Gasteiger partial charge is 0.478 e. The Morgan fingerprint density at radius 2 is 1.06 bits per heavy atom. The Labute approximate surface area is 193 Å². The number of aromatic nitrogens is 2. The number of nitrogens with zero attached hydrogens (tertiary/aromatic N) is 4. The number of fused-ring (bicyclic) bond motifs is 2. The topological polar surface area (TPSA) is 187 Å². The number of carbonyl (C=O) groups is 2. The molecule has 4 rings (SSSR count). The third kappa shape index (κ3) is 5.05. The second kappa shape index (κ2) is 10.2. The van der Waals surface area contributed by atoms with Crippen LogP contribution >= 0.6 is 0 Å². The third-order valence-electron chi connectivity index (χ3n) is 4.35. The first-order valence-corrected chi connectivity index (χ1v) is 8.73. The standard InChI is InChI=1S/2C10H6N2O4.Ni/c2*13-10(14)7-3-4-8(12(15)16)6-2-1-5-11-9(6)7;/h2*1-5H,(H,13,14);. The zero-order valence-corrected chi connectivity index (χ0v) is 17.2. The van der Waals surface area contributed by atoms with Gasteiger partial charge in [0.15, 0.2) is 0 Å². The van der Waals surface area contributed by atoms with Gasteiger partial charge in [0.2, 0.25) is 0 Å². The van der Waals surface area contributed by atoms with Crippen molar-refractivity contribution in [2.75, 3.05) is 0 Å². The van der Waals surface area contributed by atoms with E-state index in [2.05, 4.69) is 9.97 Å². The van der Waals surface area contributed by atoms with Gasteiger partial charge in [-0.2, -0.15) is 0 Å². The molecule has 0 atom stereocenters. The van der Waals surface area contributed by atoms with Gasteiger partial charge in [-0.3, -0.25) is 30.2 Å². The second-order valence-corrected chi connectivity index (χ2v) is 6.19. The van der Waals surface area contributed by atoms with Crippen LogP contribution < -0.4 is 0 Å². The number of nitro groups is 2. The fourth-order valence-corrected chi connectivity index (χ4v) is 2.98. The summed E-state index contributed by atoms with van der Waals surface area (Å²) < 4.78 is 0. The summed E-state index contributed by atoms with van der Waals surface area (Å²) in [5.74, 6) is -2.31. The van der Waals surface area contributed by atoms with Gasteiger partial charge in [-0.05, 0) is 36.4 Å². The fourth-order valence-electron chi connectivity index (χ4n) is 2.98. The zero-order chi connectivity index (χ0) is 23.4. The van der Waals surface area contributed by atoms with Crippen molar-refractivity contribution in [1.29, 1.82) is 0 Å². The Hall–Kier alpha value is -4.51. The van der Waals surface area contributed by atoms with Crippen LogP contribution in [0.3, 0.4) is 0 Å². The normalized spacial score (nSPS) is 9.94. The monoisotopic (exact) mass is 494 g/mol. The van der Waals surface area contributed by atoms with E-state index in [1.807, 2.05) is 0 Å². The summed E-state index contributed by atoms with van der Waals surface area (Å²) in [5, 5.41) is 39.7. The van der Waals surface area contributed by atoms with Gasteiger partial charge in [0.05, 0.1) is 42.8 Å². The van der Waals surface area contributed by atoms with E-state index in [1.165, 1.54) is 60.9 Å². The van der Waals surface area contributed by atoms with E-state index >= 15 is 0 Å². The first-order valence-electron chi connectivity index (χ1n) is 8.73. The number of hydrogen-bond acceptors (Lipinski definition) is 8. The Kier molecular flexibility index (Phi) is 7.65. The van der Waals surface area contributed by atoms with Gasteiger partial charge in [0.25, 0.3) is 11.4 Å². The number of pyridine rings is 2. The molecule has 0 spiro atoms. The summed E-state index contributed by atoms with van der Waals surface area (Å²) in [7, 11) is 0. The first-order chi connectivity index (χ1) is 15.2. The van der Waals surface area contributed by atoms with Gasteiger partial charge in [-0.1, -0.05) is 0 Å². The molecular formula is C20H12N4NiO8. The van der Waals surface area contributed by atoms with Crippen LogP contribution in [-0.2, 0) is 16.5 Å². The molecule has 4 aromatic rings. The van der Waals surface area contributed by atoms with Gasteiger partial charge in [0.1, 0.15) is 0 Å². The van der Waals surface area contributed by atoms with Crippen molar-refractivity contribution in [2.24, 2.45) is 0 Å². The minimum absolute atomic E-state index is 0. The van der Waals surface area contributed by atoms with Gasteiger partial charge in [-0.25, -0.2) is 9.59 Å². The summed E-state index contributed by atoms with van der Waals surface area (Å²) in [4.78, 5) is 49.8. The van der Waals surface area contributed by atoms with Gasteiger partial charge in [-0.15, -0.1) is 0 Å². The van der Waals surface area contributed by atoms with Crippen molar-refractivity contribution in [2.45, 2.75) is 0 Å². The fraction of sp³-hybridized carbons (Fsp3) is 0. The molecule has 2 N–H and O–H groups in total. The number of benzene rings is 2. The van der Waals surface area contributed by atoms with Crippen LogP contribution in [0.25, 0.3) is 21.8 Å². The Bertz CT molecular complexity index is 1200. The average Bonchev–Trinajstić information content (AvgIpc) is 2.77. The first kappa shape index (κ1) is 24.8. The SMILES string of the molecule is O=C(O)c1ccc([N+](=O)[O-])c2cccnc12.O=C(O)c1ccc([N+](=O)[O-])c2cccnc12.[Ni]. The molecule has 0 saturated heterocycles. The van der Waals surface area contributed by atoms with Crippen LogP contribution in [-0.4, -0.2) is 42.0 Å². The molecule has 0 unspecified atom stereocenters. The zero-order valence-electron chi connectivity index (χ0n) is 16.2. The smallest absolute Gasteiger partial charge is 0.337 e. The molecule has 0 saturated carbocycles. The van der Waals surface area contributed by atoms with E-state index in [0.717, 1.165) is 0 Å². The number of nitro benzene ring substituents is 2. The average molecular weight is 495 g/mol. The Morgan fingerprint density at radius 1 is 0.697 bits per heavy atom. The molecule has 0 amide bonds. The Morgan fingerprint density at radius 3 is 1.36 bits per heavy atom. The van der Waals surface area contributed by atoms with Crippen LogP contribution in [0.2, 0.25) is 0 Å². The Balaban J connectivity index is 0.000000227. The second-order valence-electron chi connectivity index (χ2n) is 6.19. The molecule has 2 aromatic heterocycles. The predicted molar refractivity (Wildman–Crippen MR) is 111 cm³/mol. The minimum Gasteiger partial charge on any atom is -0.478 e. The summed E-state index contributed by atoms with van der Waals surface area (Å²) in [6.45, 7) is 0. The molecule has 13 heteroatoms. The third-order valence-corrected chi connectivity index (χ3v) is 4.35. The van der Waals surface area contributed by atoms with E-state index in [9.17, 15) is 29.8 Å². The molecule has 0 bridgehead atoms. The maximum Gasteiger partial charge on any atom is 0.337 e. The van der Waals surface area contributed by atoms with Crippen molar-refractivity contribution in [1.82, 2.24) is 9.97 Å². The van der Waals surface area contributed by atoms with Crippen LogP contribution in [0.15, 0.2) is 60.9 Å². The predicted octanol–water partition coefficient (Wildman–Crippen LogP) is 3.68. The molecule has 12 nitrogen and oxygen atoms in total. The van der Waals surface area contributed by atoms with Gasteiger partial charge >= 0.3 is 11.9 Å². The summed E-state index contributed by atoms with van der Waals surface area (Å²) >= 11 is 0. The number of aromatic carboxylic acids is 2. The van der Waals surface area contributed by atoms with E-state index in [4.69, 9.17) is 10.2 Å². The van der Waals surface area contributed by atoms with Crippen LogP contribution in [0.1, 0.15) is 20.7 Å². The van der Waals surface area contributed by atoms with E-state index in [-0.39, 0.29) is 60.8 Å². The van der Waals surface area contributed by atoms with E-state index < -0.39 is 21.8 Å². The molecule has 0 aliphatic heterocycles. The molecular weight excluding hydrogens is 483 g/mol. The molecule has 2 heterocycles. The number of hydrogen-bond donors (Lipinski definition) is 2. The minimum atomic E-state index is -1.15. The number of rotatable bonds is 4. The maximum absolute atomic E-state index is 10.9. The molecule has 0 aliphatic carbocycles. The van der Waals surface area contributed by atoms with Crippen molar-refractivity contribution in [3.8, 4) is 0 Å². The molecule has 0 aliphatic rings. The number of carboxylic acid groups (broad SMARTS) is 2. The van der Waals surface area contributed by atoms with Crippen LogP contribution in [0.5, 0.6) is 0 Å². The van der Waals surface area contributed by atoms with Gasteiger partial charge < -0.3 is 10.2 Å². The molecule has 2 aromatic carbocycles. The van der Waals surface area contributed by atoms with Crippen LogP contribution in [0.4, 0.5) is 11.4 Å². The molecule has 0 fully saturated rings. The maximum atomic E-state index is 10.9. The van der Waals surface area contributed by atoms with Crippen molar-refractivity contribution in [3.63, 3.8) is 0 Å². The summed E-state index contributed by atoms with van der Waals surface area (Å²) in [6.07, 6.45) is 2.80. The summed E-state index contributed by atoms with van der Waals surface area (Å²) in [5.41, 5.74) is -0.114. The van der Waals surface area contributed by atoms with E-state index in [1.54, 1.807) is 0 Å². The molecule has 170 valence electrons. The van der Waals surface area contributed by atoms with Crippen molar-refractivity contribution in [3.05, 3.63) is 92.3 Å². The van der Waals surface area contributed by atoms with Crippen molar-refractivity contribution >= 4 is 45.1 Å². The molecule has 0 radical (unpaired) electrons.